The summed E-state index contributed by atoms with van der Waals surface area (Å²) in [4.78, 5) is 25.3. The largest absolute Gasteiger partial charge is 0.493 e. The van der Waals surface area contributed by atoms with E-state index < -0.39 is 23.7 Å². The summed E-state index contributed by atoms with van der Waals surface area (Å²) in [6, 6.07) is 7.48. The molecular formula is C21H25FN2O5. The molecule has 0 aliphatic carbocycles. The van der Waals surface area contributed by atoms with E-state index in [1.54, 1.807) is 12.1 Å². The van der Waals surface area contributed by atoms with Gasteiger partial charge >= 0.3 is 0 Å². The van der Waals surface area contributed by atoms with Crippen LogP contribution in [0.5, 0.6) is 17.2 Å². The first-order valence-corrected chi connectivity index (χ1v) is 8.98. The van der Waals surface area contributed by atoms with Crippen LogP contribution in [-0.4, -0.2) is 39.2 Å². The Morgan fingerprint density at radius 2 is 1.48 bits per heavy atom. The molecule has 0 aliphatic rings. The van der Waals surface area contributed by atoms with Crippen LogP contribution in [0.4, 0.5) is 10.1 Å². The van der Waals surface area contributed by atoms with Gasteiger partial charge in [-0.2, -0.15) is 0 Å². The lowest BCUT2D eigenvalue weighted by molar-refractivity contribution is -0.118. The van der Waals surface area contributed by atoms with E-state index in [-0.39, 0.29) is 11.5 Å². The molecule has 0 unspecified atom stereocenters. The first-order chi connectivity index (χ1) is 13.8. The second-order valence-electron chi connectivity index (χ2n) is 6.61. The van der Waals surface area contributed by atoms with E-state index in [9.17, 15) is 14.0 Å². The third-order valence-electron chi connectivity index (χ3n) is 4.27. The topological polar surface area (TPSA) is 85.9 Å². The highest BCUT2D eigenvalue weighted by Gasteiger charge is 2.25. The van der Waals surface area contributed by atoms with Crippen LogP contribution in [0, 0.1) is 11.7 Å². The summed E-state index contributed by atoms with van der Waals surface area (Å²) in [5.74, 6) is -0.341. The molecule has 2 N–H and O–H groups in total. The molecule has 7 nitrogen and oxygen atoms in total. The number of carbonyl (C=O) groups is 2. The molecule has 0 saturated heterocycles. The van der Waals surface area contributed by atoms with Crippen LogP contribution in [0.25, 0.3) is 0 Å². The van der Waals surface area contributed by atoms with Crippen molar-refractivity contribution in [1.82, 2.24) is 5.32 Å². The molecule has 0 aromatic heterocycles. The summed E-state index contributed by atoms with van der Waals surface area (Å²) in [5.41, 5.74) is 0.684. The maximum Gasteiger partial charge on any atom is 0.251 e. The van der Waals surface area contributed by atoms with Crippen LogP contribution in [-0.2, 0) is 4.79 Å². The number of nitrogens with one attached hydrogen (secondary N) is 2. The molecule has 2 rings (SSSR count). The molecule has 0 heterocycles. The summed E-state index contributed by atoms with van der Waals surface area (Å²) >= 11 is 0. The lowest BCUT2D eigenvalue weighted by Crippen LogP contribution is -2.47. The Bertz CT molecular complexity index is 843. The average Bonchev–Trinajstić information content (AvgIpc) is 2.71. The Balaban J connectivity index is 2.21. The van der Waals surface area contributed by atoms with Crippen molar-refractivity contribution in [3.05, 3.63) is 47.8 Å². The lowest BCUT2D eigenvalue weighted by atomic mass is 10.0. The number of halogens is 1. The Labute approximate surface area is 169 Å². The van der Waals surface area contributed by atoms with E-state index in [4.69, 9.17) is 14.2 Å². The van der Waals surface area contributed by atoms with Gasteiger partial charge < -0.3 is 24.8 Å². The van der Waals surface area contributed by atoms with Gasteiger partial charge in [0.15, 0.2) is 11.5 Å². The smallest absolute Gasteiger partial charge is 0.251 e. The molecule has 2 aromatic carbocycles. The zero-order valence-electron chi connectivity index (χ0n) is 17.0. The van der Waals surface area contributed by atoms with E-state index in [1.807, 2.05) is 13.8 Å². The molecule has 1 atom stereocenters. The maximum atomic E-state index is 13.1. The quantitative estimate of drug-likeness (QED) is 0.706. The Kier molecular flexibility index (Phi) is 7.41. The summed E-state index contributed by atoms with van der Waals surface area (Å²) in [7, 11) is 4.43. The fraction of sp³-hybridized carbons (Fsp3) is 0.333. The van der Waals surface area contributed by atoms with Crippen molar-refractivity contribution >= 4 is 17.5 Å². The highest BCUT2D eigenvalue weighted by atomic mass is 19.1. The van der Waals surface area contributed by atoms with Crippen LogP contribution in [0.1, 0.15) is 24.2 Å². The highest BCUT2D eigenvalue weighted by molar-refractivity contribution is 6.01. The number of hydrogen-bond donors (Lipinski definition) is 2. The number of methoxy groups -OCH3 is 3. The number of benzene rings is 2. The predicted molar refractivity (Wildman–Crippen MR) is 107 cm³/mol. The first kappa shape index (κ1) is 22.0. The molecule has 0 fully saturated rings. The van der Waals surface area contributed by atoms with Gasteiger partial charge in [0, 0.05) is 23.4 Å². The van der Waals surface area contributed by atoms with E-state index >= 15 is 0 Å². The summed E-state index contributed by atoms with van der Waals surface area (Å²) in [6.45, 7) is 3.62. The zero-order valence-corrected chi connectivity index (χ0v) is 17.0. The number of amides is 2. The second kappa shape index (κ2) is 9.77. The van der Waals surface area contributed by atoms with E-state index in [1.165, 1.54) is 45.6 Å². The minimum Gasteiger partial charge on any atom is -0.493 e. The molecule has 156 valence electrons. The molecule has 0 spiro atoms. The van der Waals surface area contributed by atoms with Gasteiger partial charge in [-0.05, 0) is 30.2 Å². The normalized spacial score (nSPS) is 11.6. The third-order valence-corrected chi connectivity index (χ3v) is 4.27. The minimum absolute atomic E-state index is 0.193. The van der Waals surface area contributed by atoms with Crippen molar-refractivity contribution in [3.8, 4) is 17.2 Å². The lowest BCUT2D eigenvalue weighted by Gasteiger charge is -2.22. The van der Waals surface area contributed by atoms with Gasteiger partial charge in [0.2, 0.25) is 11.7 Å². The van der Waals surface area contributed by atoms with Gasteiger partial charge in [-0.3, -0.25) is 9.59 Å². The van der Waals surface area contributed by atoms with E-state index in [0.717, 1.165) is 0 Å². The molecule has 2 aromatic rings. The van der Waals surface area contributed by atoms with Crippen LogP contribution in [0.3, 0.4) is 0 Å². The van der Waals surface area contributed by atoms with Gasteiger partial charge in [-0.1, -0.05) is 13.8 Å². The maximum absolute atomic E-state index is 13.1. The minimum atomic E-state index is -0.813. The number of ether oxygens (including phenoxy) is 3. The summed E-state index contributed by atoms with van der Waals surface area (Å²) in [5, 5.41) is 5.45. The zero-order chi connectivity index (χ0) is 21.6. The van der Waals surface area contributed by atoms with Crippen LogP contribution >= 0.6 is 0 Å². The van der Waals surface area contributed by atoms with E-state index in [2.05, 4.69) is 10.6 Å². The molecular weight excluding hydrogens is 379 g/mol. The molecule has 0 bridgehead atoms. The fourth-order valence-electron chi connectivity index (χ4n) is 2.73. The molecule has 29 heavy (non-hydrogen) atoms. The molecule has 0 radical (unpaired) electrons. The molecule has 0 saturated carbocycles. The number of hydrogen-bond acceptors (Lipinski definition) is 5. The third kappa shape index (κ3) is 5.37. The van der Waals surface area contributed by atoms with Crippen LogP contribution in [0.2, 0.25) is 0 Å². The SMILES string of the molecule is COc1cc(NC(=O)[C@@H](NC(=O)c2ccc(F)cc2)C(C)C)cc(OC)c1OC. The predicted octanol–water partition coefficient (Wildman–Crippen LogP) is 3.24. The first-order valence-electron chi connectivity index (χ1n) is 8.98. The monoisotopic (exact) mass is 404 g/mol. The van der Waals surface area contributed by atoms with Crippen molar-refractivity contribution in [2.24, 2.45) is 5.92 Å². The van der Waals surface area contributed by atoms with Gasteiger partial charge in [0.25, 0.3) is 5.91 Å². The standard InChI is InChI=1S/C21H25FN2O5/c1-12(2)18(24-20(25)13-6-8-14(22)9-7-13)21(26)23-15-10-16(27-3)19(29-5)17(11-15)28-4/h6-12,18H,1-5H3,(H,23,26)(H,24,25)/t18-/m0/s1. The van der Waals surface area contributed by atoms with Crippen LogP contribution in [0.15, 0.2) is 36.4 Å². The summed E-state index contributed by atoms with van der Waals surface area (Å²) < 4.78 is 28.9. The number of anilines is 1. The van der Waals surface area contributed by atoms with Crippen LogP contribution < -0.4 is 24.8 Å². The van der Waals surface area contributed by atoms with Crippen molar-refractivity contribution < 1.29 is 28.2 Å². The van der Waals surface area contributed by atoms with Crippen molar-refractivity contribution in [1.29, 1.82) is 0 Å². The summed E-state index contributed by atoms with van der Waals surface area (Å²) in [6.07, 6.45) is 0. The van der Waals surface area contributed by atoms with Crippen molar-refractivity contribution in [2.45, 2.75) is 19.9 Å². The van der Waals surface area contributed by atoms with E-state index in [0.29, 0.717) is 22.9 Å². The Hall–Kier alpha value is -3.29. The van der Waals surface area contributed by atoms with Crippen molar-refractivity contribution in [3.63, 3.8) is 0 Å². The highest BCUT2D eigenvalue weighted by Crippen LogP contribution is 2.40. The molecule has 8 heteroatoms. The van der Waals surface area contributed by atoms with Gasteiger partial charge in [-0.25, -0.2) is 4.39 Å². The van der Waals surface area contributed by atoms with Gasteiger partial charge in [0.1, 0.15) is 11.9 Å². The number of carbonyl (C=O) groups excluding carboxylic acids is 2. The van der Waals surface area contributed by atoms with Gasteiger partial charge in [0.05, 0.1) is 21.3 Å². The number of rotatable bonds is 8. The van der Waals surface area contributed by atoms with Crippen molar-refractivity contribution in [2.75, 3.05) is 26.6 Å². The second-order valence-corrected chi connectivity index (χ2v) is 6.61. The molecule has 0 aliphatic heterocycles. The molecule has 2 amide bonds. The Morgan fingerprint density at radius 3 is 1.93 bits per heavy atom. The Morgan fingerprint density at radius 1 is 0.931 bits per heavy atom. The fourth-order valence-corrected chi connectivity index (χ4v) is 2.73. The average molecular weight is 404 g/mol. The van der Waals surface area contributed by atoms with Gasteiger partial charge in [-0.15, -0.1) is 0 Å².